The van der Waals surface area contributed by atoms with Gasteiger partial charge in [-0.25, -0.2) is 0 Å². The summed E-state index contributed by atoms with van der Waals surface area (Å²) >= 11 is 5.93. The number of aliphatic hydroxyl groups is 1. The average molecular weight is 269 g/mol. The van der Waals surface area contributed by atoms with Gasteiger partial charge in [0.1, 0.15) is 5.75 Å². The number of hydrogen-bond donors (Lipinski definition) is 1. The summed E-state index contributed by atoms with van der Waals surface area (Å²) in [6, 6.07) is 5.44. The SMILES string of the molecule is COc1cc(Cl)ccc1C(O)CC1CCCCC1. The molecule has 1 unspecified atom stereocenters. The maximum Gasteiger partial charge on any atom is 0.126 e. The summed E-state index contributed by atoms with van der Waals surface area (Å²) in [7, 11) is 1.61. The first-order valence-electron chi connectivity index (χ1n) is 6.72. The fourth-order valence-corrected chi connectivity index (χ4v) is 2.99. The predicted octanol–water partition coefficient (Wildman–Crippen LogP) is 4.35. The van der Waals surface area contributed by atoms with Crippen LogP contribution in [0.3, 0.4) is 0 Å². The van der Waals surface area contributed by atoms with E-state index in [4.69, 9.17) is 16.3 Å². The van der Waals surface area contributed by atoms with Crippen LogP contribution in [0.5, 0.6) is 5.75 Å². The van der Waals surface area contributed by atoms with Crippen molar-refractivity contribution in [2.45, 2.75) is 44.6 Å². The van der Waals surface area contributed by atoms with Gasteiger partial charge >= 0.3 is 0 Å². The van der Waals surface area contributed by atoms with E-state index >= 15 is 0 Å². The van der Waals surface area contributed by atoms with E-state index in [1.165, 1.54) is 32.1 Å². The molecule has 1 atom stereocenters. The molecule has 1 fully saturated rings. The van der Waals surface area contributed by atoms with Crippen molar-refractivity contribution >= 4 is 11.6 Å². The molecule has 2 rings (SSSR count). The maximum absolute atomic E-state index is 10.4. The molecule has 1 saturated carbocycles. The number of hydrogen-bond acceptors (Lipinski definition) is 2. The lowest BCUT2D eigenvalue weighted by Crippen LogP contribution is -2.11. The normalized spacial score (nSPS) is 18.6. The Kier molecular flexibility index (Phi) is 4.90. The van der Waals surface area contributed by atoms with Gasteiger partial charge in [0.15, 0.2) is 0 Å². The lowest BCUT2D eigenvalue weighted by atomic mass is 9.84. The monoisotopic (exact) mass is 268 g/mol. The topological polar surface area (TPSA) is 29.5 Å². The molecule has 0 bridgehead atoms. The lowest BCUT2D eigenvalue weighted by molar-refractivity contribution is 0.128. The van der Waals surface area contributed by atoms with Gasteiger partial charge in [0.25, 0.3) is 0 Å². The van der Waals surface area contributed by atoms with Crippen molar-refractivity contribution < 1.29 is 9.84 Å². The highest BCUT2D eigenvalue weighted by Gasteiger charge is 2.20. The standard InChI is InChI=1S/C15H21ClO2/c1-18-15-10-12(16)7-8-13(15)14(17)9-11-5-3-2-4-6-11/h7-8,10-11,14,17H,2-6,9H2,1H3. The number of rotatable bonds is 4. The minimum atomic E-state index is -0.444. The van der Waals surface area contributed by atoms with Gasteiger partial charge in [-0.1, -0.05) is 49.8 Å². The Labute approximate surface area is 114 Å². The number of methoxy groups -OCH3 is 1. The molecular formula is C15H21ClO2. The van der Waals surface area contributed by atoms with Crippen LogP contribution in [0.15, 0.2) is 18.2 Å². The smallest absolute Gasteiger partial charge is 0.126 e. The zero-order valence-corrected chi connectivity index (χ0v) is 11.6. The van der Waals surface area contributed by atoms with Crippen LogP contribution >= 0.6 is 11.6 Å². The van der Waals surface area contributed by atoms with Crippen LogP contribution in [0.4, 0.5) is 0 Å². The average Bonchev–Trinajstić information content (AvgIpc) is 2.39. The van der Waals surface area contributed by atoms with E-state index < -0.39 is 6.10 Å². The molecule has 2 nitrogen and oxygen atoms in total. The minimum absolute atomic E-state index is 0.444. The number of aliphatic hydroxyl groups excluding tert-OH is 1. The molecule has 0 spiro atoms. The molecule has 0 amide bonds. The zero-order valence-electron chi connectivity index (χ0n) is 10.9. The molecule has 18 heavy (non-hydrogen) atoms. The lowest BCUT2D eigenvalue weighted by Gasteiger charge is -2.24. The predicted molar refractivity (Wildman–Crippen MR) is 74.2 cm³/mol. The van der Waals surface area contributed by atoms with Crippen LogP contribution < -0.4 is 4.74 Å². The first kappa shape index (κ1) is 13.7. The Bertz CT molecular complexity index is 386. The highest BCUT2D eigenvalue weighted by molar-refractivity contribution is 6.30. The summed E-state index contributed by atoms with van der Waals surface area (Å²) in [5.41, 5.74) is 0.854. The highest BCUT2D eigenvalue weighted by Crippen LogP contribution is 2.35. The molecule has 0 aromatic heterocycles. The molecule has 0 aliphatic heterocycles. The molecule has 1 aromatic carbocycles. The van der Waals surface area contributed by atoms with E-state index in [2.05, 4.69) is 0 Å². The van der Waals surface area contributed by atoms with Crippen molar-refractivity contribution in [2.24, 2.45) is 5.92 Å². The van der Waals surface area contributed by atoms with Crippen molar-refractivity contribution in [1.29, 1.82) is 0 Å². The molecule has 1 aliphatic carbocycles. The fraction of sp³-hybridized carbons (Fsp3) is 0.600. The summed E-state index contributed by atoms with van der Waals surface area (Å²) in [6.07, 6.45) is 6.82. The van der Waals surface area contributed by atoms with Gasteiger partial charge in [-0.2, -0.15) is 0 Å². The van der Waals surface area contributed by atoms with Crippen LogP contribution in [0.1, 0.15) is 50.2 Å². The molecule has 1 aromatic rings. The molecule has 0 heterocycles. The Morgan fingerprint density at radius 1 is 1.33 bits per heavy atom. The summed E-state index contributed by atoms with van der Waals surface area (Å²) in [5.74, 6) is 1.33. The van der Waals surface area contributed by atoms with Gasteiger partial charge in [0.05, 0.1) is 13.2 Å². The van der Waals surface area contributed by atoms with Crippen molar-refractivity contribution in [3.05, 3.63) is 28.8 Å². The quantitative estimate of drug-likeness (QED) is 0.880. The zero-order chi connectivity index (χ0) is 13.0. The number of ether oxygens (including phenoxy) is 1. The minimum Gasteiger partial charge on any atom is -0.496 e. The Morgan fingerprint density at radius 2 is 2.06 bits per heavy atom. The molecule has 100 valence electrons. The second kappa shape index (κ2) is 6.44. The first-order chi connectivity index (χ1) is 8.70. The largest absolute Gasteiger partial charge is 0.496 e. The maximum atomic E-state index is 10.4. The van der Waals surface area contributed by atoms with Gasteiger partial charge in [-0.15, -0.1) is 0 Å². The fourth-order valence-electron chi connectivity index (χ4n) is 2.83. The number of benzene rings is 1. The third kappa shape index (κ3) is 3.39. The van der Waals surface area contributed by atoms with E-state index in [-0.39, 0.29) is 0 Å². The van der Waals surface area contributed by atoms with Crippen molar-refractivity contribution in [2.75, 3.05) is 7.11 Å². The van der Waals surface area contributed by atoms with Crippen LogP contribution in [0.25, 0.3) is 0 Å². The highest BCUT2D eigenvalue weighted by atomic mass is 35.5. The molecule has 1 N–H and O–H groups in total. The van der Waals surface area contributed by atoms with Crippen molar-refractivity contribution in [3.8, 4) is 5.75 Å². The second-order valence-electron chi connectivity index (χ2n) is 5.14. The van der Waals surface area contributed by atoms with Crippen molar-refractivity contribution in [3.63, 3.8) is 0 Å². The van der Waals surface area contributed by atoms with E-state index in [9.17, 15) is 5.11 Å². The van der Waals surface area contributed by atoms with E-state index in [0.717, 1.165) is 12.0 Å². The van der Waals surface area contributed by atoms with Crippen molar-refractivity contribution in [1.82, 2.24) is 0 Å². The van der Waals surface area contributed by atoms with Gasteiger partial charge in [0.2, 0.25) is 0 Å². The first-order valence-corrected chi connectivity index (χ1v) is 7.10. The number of halogens is 1. The van der Waals surface area contributed by atoms with E-state index in [1.807, 2.05) is 12.1 Å². The van der Waals surface area contributed by atoms with E-state index in [1.54, 1.807) is 13.2 Å². The molecular weight excluding hydrogens is 248 g/mol. The van der Waals surface area contributed by atoms with Gasteiger partial charge in [-0.3, -0.25) is 0 Å². The third-order valence-corrected chi connectivity index (χ3v) is 4.07. The van der Waals surface area contributed by atoms with E-state index in [0.29, 0.717) is 16.7 Å². The summed E-state index contributed by atoms with van der Waals surface area (Å²) in [4.78, 5) is 0. The van der Waals surface area contributed by atoms with Gasteiger partial charge < -0.3 is 9.84 Å². The second-order valence-corrected chi connectivity index (χ2v) is 5.58. The summed E-state index contributed by atoms with van der Waals surface area (Å²) in [5, 5.41) is 11.0. The van der Waals surface area contributed by atoms with Crippen LogP contribution in [0, 0.1) is 5.92 Å². The summed E-state index contributed by atoms with van der Waals surface area (Å²) in [6.45, 7) is 0. The molecule has 1 aliphatic rings. The van der Waals surface area contributed by atoms with Crippen LogP contribution in [-0.4, -0.2) is 12.2 Å². The van der Waals surface area contributed by atoms with Gasteiger partial charge in [-0.05, 0) is 24.5 Å². The van der Waals surface area contributed by atoms with Gasteiger partial charge in [0, 0.05) is 10.6 Å². The van der Waals surface area contributed by atoms with Crippen LogP contribution in [-0.2, 0) is 0 Å². The Morgan fingerprint density at radius 3 is 2.72 bits per heavy atom. The Hall–Kier alpha value is -0.730. The molecule has 0 saturated heterocycles. The Balaban J connectivity index is 2.05. The third-order valence-electron chi connectivity index (χ3n) is 3.84. The molecule has 3 heteroatoms. The summed E-state index contributed by atoms with van der Waals surface area (Å²) < 4.78 is 5.29. The van der Waals surface area contributed by atoms with Crippen LogP contribution in [0.2, 0.25) is 5.02 Å². The molecule has 0 radical (unpaired) electrons.